The van der Waals surface area contributed by atoms with E-state index in [1.165, 1.54) is 11.1 Å². The minimum Gasteiger partial charge on any atom is -0.328 e. The zero-order valence-corrected chi connectivity index (χ0v) is 10.1. The molecule has 3 nitrogen and oxygen atoms in total. The fourth-order valence-electron chi connectivity index (χ4n) is 1.88. The molecule has 0 saturated heterocycles. The van der Waals surface area contributed by atoms with Gasteiger partial charge in [-0.3, -0.25) is 0 Å². The Labute approximate surface area is 96.3 Å². The summed E-state index contributed by atoms with van der Waals surface area (Å²) in [6.45, 7) is 6.42. The predicted molar refractivity (Wildman–Crippen MR) is 66.6 cm³/mol. The molecule has 0 amide bonds. The third kappa shape index (κ3) is 2.09. The van der Waals surface area contributed by atoms with Crippen LogP contribution >= 0.6 is 0 Å². The van der Waals surface area contributed by atoms with Crippen molar-refractivity contribution in [2.45, 2.75) is 39.2 Å². The van der Waals surface area contributed by atoms with Crippen LogP contribution in [0.25, 0.3) is 5.52 Å². The van der Waals surface area contributed by atoms with Gasteiger partial charge in [-0.1, -0.05) is 13.8 Å². The number of nitrogens with two attached hydrogens (primary N) is 1. The topological polar surface area (TPSA) is 43.3 Å². The van der Waals surface area contributed by atoms with Crippen LogP contribution < -0.4 is 5.73 Å². The number of fused-ring (bicyclic) bond motifs is 1. The van der Waals surface area contributed by atoms with Crippen molar-refractivity contribution in [3.8, 4) is 0 Å². The molecule has 1 unspecified atom stereocenters. The van der Waals surface area contributed by atoms with Crippen molar-refractivity contribution in [3.63, 3.8) is 0 Å². The molecule has 3 heteroatoms. The molecule has 1 atom stereocenters. The van der Waals surface area contributed by atoms with Crippen LogP contribution in [0.4, 0.5) is 0 Å². The summed E-state index contributed by atoms with van der Waals surface area (Å²) >= 11 is 0. The molecule has 2 N–H and O–H groups in total. The van der Waals surface area contributed by atoms with Crippen LogP contribution in [0.3, 0.4) is 0 Å². The summed E-state index contributed by atoms with van der Waals surface area (Å²) in [7, 11) is 0. The number of imidazole rings is 1. The molecule has 0 saturated carbocycles. The van der Waals surface area contributed by atoms with Crippen LogP contribution in [0, 0.1) is 0 Å². The Bertz CT molecular complexity index is 483. The SMILES string of the molecule is CC(N)Cc1ncn2ccc(C(C)C)cc12. The smallest absolute Gasteiger partial charge is 0.0995 e. The maximum Gasteiger partial charge on any atom is 0.0995 e. The number of pyridine rings is 1. The average molecular weight is 217 g/mol. The van der Waals surface area contributed by atoms with Gasteiger partial charge in [0.2, 0.25) is 0 Å². The summed E-state index contributed by atoms with van der Waals surface area (Å²) in [6, 6.07) is 4.52. The number of hydrogen-bond acceptors (Lipinski definition) is 2. The molecule has 0 spiro atoms. The molecule has 86 valence electrons. The first-order chi connectivity index (χ1) is 7.58. The molecule has 2 aromatic heterocycles. The van der Waals surface area contributed by atoms with Crippen molar-refractivity contribution in [3.05, 3.63) is 35.9 Å². The fourth-order valence-corrected chi connectivity index (χ4v) is 1.88. The third-order valence-corrected chi connectivity index (χ3v) is 2.82. The summed E-state index contributed by atoms with van der Waals surface area (Å²) in [4.78, 5) is 4.42. The van der Waals surface area contributed by atoms with Gasteiger partial charge in [0.05, 0.1) is 17.5 Å². The van der Waals surface area contributed by atoms with Crippen LogP contribution in [-0.2, 0) is 6.42 Å². The van der Waals surface area contributed by atoms with Crippen molar-refractivity contribution >= 4 is 5.52 Å². The van der Waals surface area contributed by atoms with E-state index in [0.29, 0.717) is 5.92 Å². The maximum absolute atomic E-state index is 5.82. The van der Waals surface area contributed by atoms with E-state index >= 15 is 0 Å². The molecule has 0 aliphatic heterocycles. The summed E-state index contributed by atoms with van der Waals surface area (Å²) in [6.07, 6.45) is 4.76. The molecule has 2 rings (SSSR count). The number of nitrogens with zero attached hydrogens (tertiary/aromatic N) is 2. The van der Waals surface area contributed by atoms with Crippen molar-refractivity contribution < 1.29 is 0 Å². The monoisotopic (exact) mass is 217 g/mol. The predicted octanol–water partition coefficient (Wildman–Crippen LogP) is 2.35. The molecular formula is C13H19N3. The quantitative estimate of drug-likeness (QED) is 0.857. The van der Waals surface area contributed by atoms with Crippen molar-refractivity contribution in [1.82, 2.24) is 9.38 Å². The standard InChI is InChI=1S/C13H19N3/c1-9(2)11-4-5-16-8-15-12(6-10(3)14)13(16)7-11/h4-5,7-10H,6,14H2,1-3H3. The van der Waals surface area contributed by atoms with E-state index in [-0.39, 0.29) is 6.04 Å². The van der Waals surface area contributed by atoms with Crippen LogP contribution in [0.15, 0.2) is 24.7 Å². The maximum atomic E-state index is 5.82. The number of hydrogen-bond donors (Lipinski definition) is 1. The molecule has 0 bridgehead atoms. The van der Waals surface area contributed by atoms with Gasteiger partial charge >= 0.3 is 0 Å². The van der Waals surface area contributed by atoms with Crippen LogP contribution in [0.2, 0.25) is 0 Å². The summed E-state index contributed by atoms with van der Waals surface area (Å²) in [5, 5.41) is 0. The second-order valence-electron chi connectivity index (χ2n) is 4.78. The second kappa shape index (κ2) is 4.26. The minimum absolute atomic E-state index is 0.154. The highest BCUT2D eigenvalue weighted by Crippen LogP contribution is 2.19. The van der Waals surface area contributed by atoms with E-state index in [1.807, 2.05) is 13.3 Å². The van der Waals surface area contributed by atoms with Gasteiger partial charge in [-0.25, -0.2) is 4.98 Å². The highest BCUT2D eigenvalue weighted by Gasteiger charge is 2.08. The van der Waals surface area contributed by atoms with Gasteiger partial charge in [0.1, 0.15) is 0 Å². The summed E-state index contributed by atoms with van der Waals surface area (Å²) in [5.41, 5.74) is 9.45. The molecule has 2 aromatic rings. The normalized spacial score (nSPS) is 13.6. The minimum atomic E-state index is 0.154. The average Bonchev–Trinajstić information content (AvgIpc) is 2.60. The zero-order valence-electron chi connectivity index (χ0n) is 10.1. The zero-order chi connectivity index (χ0) is 11.7. The summed E-state index contributed by atoms with van der Waals surface area (Å²) < 4.78 is 2.06. The molecule has 0 aliphatic carbocycles. The van der Waals surface area contributed by atoms with Gasteiger partial charge < -0.3 is 10.1 Å². The lowest BCUT2D eigenvalue weighted by atomic mass is 10.0. The fraction of sp³-hybridized carbons (Fsp3) is 0.462. The Hall–Kier alpha value is -1.35. The van der Waals surface area contributed by atoms with E-state index in [1.54, 1.807) is 0 Å². The Morgan fingerprint density at radius 1 is 1.38 bits per heavy atom. The van der Waals surface area contributed by atoms with Gasteiger partial charge in [0.25, 0.3) is 0 Å². The summed E-state index contributed by atoms with van der Waals surface area (Å²) in [5.74, 6) is 0.544. The first-order valence-electron chi connectivity index (χ1n) is 5.79. The lowest BCUT2D eigenvalue weighted by molar-refractivity contribution is 0.729. The lowest BCUT2D eigenvalue weighted by Gasteiger charge is -2.07. The molecule has 0 radical (unpaired) electrons. The van der Waals surface area contributed by atoms with Gasteiger partial charge in [-0.15, -0.1) is 0 Å². The Morgan fingerprint density at radius 3 is 2.75 bits per heavy atom. The van der Waals surface area contributed by atoms with E-state index < -0.39 is 0 Å². The Kier molecular flexibility index (Phi) is 2.97. The van der Waals surface area contributed by atoms with Crippen LogP contribution in [-0.4, -0.2) is 15.4 Å². The van der Waals surface area contributed by atoms with Crippen molar-refractivity contribution in [2.75, 3.05) is 0 Å². The lowest BCUT2D eigenvalue weighted by Crippen LogP contribution is -2.18. The molecule has 0 fully saturated rings. The van der Waals surface area contributed by atoms with Crippen molar-refractivity contribution in [1.29, 1.82) is 0 Å². The third-order valence-electron chi connectivity index (χ3n) is 2.82. The highest BCUT2D eigenvalue weighted by molar-refractivity contribution is 5.54. The number of rotatable bonds is 3. The molecule has 16 heavy (non-hydrogen) atoms. The van der Waals surface area contributed by atoms with Crippen LogP contribution in [0.5, 0.6) is 0 Å². The molecule has 2 heterocycles. The first kappa shape index (κ1) is 11.1. The highest BCUT2D eigenvalue weighted by atomic mass is 15.0. The van der Waals surface area contributed by atoms with E-state index in [4.69, 9.17) is 5.73 Å². The van der Waals surface area contributed by atoms with Gasteiger partial charge in [-0.2, -0.15) is 0 Å². The van der Waals surface area contributed by atoms with Crippen LogP contribution in [0.1, 0.15) is 37.9 Å². The molecule has 0 aliphatic rings. The Morgan fingerprint density at radius 2 is 2.12 bits per heavy atom. The van der Waals surface area contributed by atoms with E-state index in [0.717, 1.165) is 12.1 Å². The van der Waals surface area contributed by atoms with Gasteiger partial charge in [0, 0.05) is 18.7 Å². The first-order valence-corrected chi connectivity index (χ1v) is 5.79. The Balaban J connectivity index is 2.47. The van der Waals surface area contributed by atoms with E-state index in [2.05, 4.69) is 41.6 Å². The molecular weight excluding hydrogens is 198 g/mol. The second-order valence-corrected chi connectivity index (χ2v) is 4.78. The van der Waals surface area contributed by atoms with Crippen molar-refractivity contribution in [2.24, 2.45) is 5.73 Å². The van der Waals surface area contributed by atoms with E-state index in [9.17, 15) is 0 Å². The largest absolute Gasteiger partial charge is 0.328 e. The number of aromatic nitrogens is 2. The molecule has 0 aromatic carbocycles. The van der Waals surface area contributed by atoms with Gasteiger partial charge in [0.15, 0.2) is 0 Å². The van der Waals surface area contributed by atoms with Gasteiger partial charge in [-0.05, 0) is 30.5 Å².